The van der Waals surface area contributed by atoms with Gasteiger partial charge in [-0.1, -0.05) is 30.3 Å². The maximum Gasteiger partial charge on any atom is 0.259 e. The second-order valence-electron chi connectivity index (χ2n) is 8.33. The maximum atomic E-state index is 13.7. The zero-order valence-corrected chi connectivity index (χ0v) is 18.0. The number of hydrogen-bond donors (Lipinski definition) is 1. The van der Waals surface area contributed by atoms with Gasteiger partial charge in [-0.05, 0) is 71.6 Å². The van der Waals surface area contributed by atoms with Crippen LogP contribution in [0.2, 0.25) is 0 Å². The molecule has 0 spiro atoms. The molecular weight excluding hydrogens is 413 g/mol. The average Bonchev–Trinajstić information content (AvgIpc) is 3.41. The number of benzene rings is 3. The standard InChI is InChI=1S/C28H20FN3O/c1-17-21(6-3-9-27(17)32-16-19-10-11-20(29)13-23(19)28(32)33)22-7-2-8-25-24(22)14-26(31-25)18-5-4-12-30-15-18/h2-15,31H,16H2,1H3. The highest BCUT2D eigenvalue weighted by molar-refractivity contribution is 6.11. The van der Waals surface area contributed by atoms with E-state index in [2.05, 4.69) is 34.2 Å². The van der Waals surface area contributed by atoms with Crippen LogP contribution in [-0.4, -0.2) is 15.9 Å². The minimum absolute atomic E-state index is 0.163. The van der Waals surface area contributed by atoms with E-state index in [1.54, 1.807) is 17.2 Å². The first-order valence-electron chi connectivity index (χ1n) is 10.8. The molecule has 33 heavy (non-hydrogen) atoms. The van der Waals surface area contributed by atoms with Crippen LogP contribution in [0, 0.1) is 12.7 Å². The number of nitrogens with zero attached hydrogens (tertiary/aromatic N) is 2. The summed E-state index contributed by atoms with van der Waals surface area (Å²) in [6.45, 7) is 2.48. The Morgan fingerprint density at radius 3 is 2.64 bits per heavy atom. The lowest BCUT2D eigenvalue weighted by Crippen LogP contribution is -2.24. The number of H-pyrrole nitrogens is 1. The SMILES string of the molecule is Cc1c(-c2cccc3[nH]c(-c4cccnc4)cc23)cccc1N1Cc2ccc(F)cc2C1=O. The van der Waals surface area contributed by atoms with Crippen molar-refractivity contribution in [3.05, 3.63) is 108 Å². The van der Waals surface area contributed by atoms with E-state index in [9.17, 15) is 9.18 Å². The van der Waals surface area contributed by atoms with Crippen molar-refractivity contribution in [1.82, 2.24) is 9.97 Å². The monoisotopic (exact) mass is 433 g/mol. The van der Waals surface area contributed by atoms with Crippen LogP contribution in [0.1, 0.15) is 21.5 Å². The highest BCUT2D eigenvalue weighted by Gasteiger charge is 2.30. The van der Waals surface area contributed by atoms with Crippen molar-refractivity contribution in [3.63, 3.8) is 0 Å². The predicted octanol–water partition coefficient (Wildman–Crippen LogP) is 6.50. The third-order valence-corrected chi connectivity index (χ3v) is 6.40. The van der Waals surface area contributed by atoms with Crippen molar-refractivity contribution in [2.24, 2.45) is 0 Å². The fourth-order valence-electron chi connectivity index (χ4n) is 4.74. The molecule has 0 radical (unpaired) electrons. The minimum Gasteiger partial charge on any atom is -0.354 e. The average molecular weight is 433 g/mol. The van der Waals surface area contributed by atoms with Crippen LogP contribution >= 0.6 is 0 Å². The molecule has 4 nitrogen and oxygen atoms in total. The molecule has 1 aliphatic rings. The molecule has 6 rings (SSSR count). The topological polar surface area (TPSA) is 49.0 Å². The molecule has 1 amide bonds. The van der Waals surface area contributed by atoms with Gasteiger partial charge >= 0.3 is 0 Å². The lowest BCUT2D eigenvalue weighted by molar-refractivity contribution is 0.0996. The Hall–Kier alpha value is -4.25. The molecule has 1 N–H and O–H groups in total. The molecule has 160 valence electrons. The van der Waals surface area contributed by atoms with Gasteiger partial charge < -0.3 is 9.88 Å². The first-order chi connectivity index (χ1) is 16.1. The van der Waals surface area contributed by atoms with Crippen LogP contribution in [0.3, 0.4) is 0 Å². The fourth-order valence-corrected chi connectivity index (χ4v) is 4.74. The molecule has 5 heteroatoms. The molecule has 0 unspecified atom stereocenters. The molecule has 0 saturated carbocycles. The maximum absolute atomic E-state index is 13.7. The molecular formula is C28H20FN3O. The molecule has 3 aromatic carbocycles. The molecule has 0 fully saturated rings. The van der Waals surface area contributed by atoms with Crippen LogP contribution in [0.4, 0.5) is 10.1 Å². The summed E-state index contributed by atoms with van der Waals surface area (Å²) < 4.78 is 13.7. The summed E-state index contributed by atoms with van der Waals surface area (Å²) in [6, 6.07) is 22.7. The summed E-state index contributed by atoms with van der Waals surface area (Å²) in [5, 5.41) is 1.11. The van der Waals surface area contributed by atoms with Crippen LogP contribution in [0.15, 0.2) is 85.2 Å². The van der Waals surface area contributed by atoms with Gasteiger partial charge in [0, 0.05) is 45.8 Å². The van der Waals surface area contributed by atoms with Crippen molar-refractivity contribution in [2.75, 3.05) is 4.90 Å². The lowest BCUT2D eigenvalue weighted by Gasteiger charge is -2.21. The Bertz CT molecular complexity index is 1540. The summed E-state index contributed by atoms with van der Waals surface area (Å²) in [5.74, 6) is -0.554. The van der Waals surface area contributed by atoms with Crippen LogP contribution in [0.25, 0.3) is 33.3 Å². The molecule has 1 aliphatic heterocycles. The number of anilines is 1. The van der Waals surface area contributed by atoms with Gasteiger partial charge in [0.25, 0.3) is 5.91 Å². The van der Waals surface area contributed by atoms with E-state index >= 15 is 0 Å². The van der Waals surface area contributed by atoms with E-state index in [1.807, 2.05) is 43.5 Å². The molecule has 2 aromatic heterocycles. The number of aromatic amines is 1. The second kappa shape index (κ2) is 7.41. The third kappa shape index (κ3) is 3.12. The first-order valence-corrected chi connectivity index (χ1v) is 10.8. The van der Waals surface area contributed by atoms with Crippen molar-refractivity contribution in [1.29, 1.82) is 0 Å². The largest absolute Gasteiger partial charge is 0.354 e. The predicted molar refractivity (Wildman–Crippen MR) is 129 cm³/mol. The van der Waals surface area contributed by atoms with Crippen molar-refractivity contribution < 1.29 is 9.18 Å². The highest BCUT2D eigenvalue weighted by Crippen LogP contribution is 2.38. The third-order valence-electron chi connectivity index (χ3n) is 6.40. The molecule has 0 atom stereocenters. The van der Waals surface area contributed by atoms with Gasteiger partial charge in [0.1, 0.15) is 5.82 Å². The van der Waals surface area contributed by atoms with Gasteiger partial charge in [-0.15, -0.1) is 0 Å². The summed E-state index contributed by atoms with van der Waals surface area (Å²) in [7, 11) is 0. The summed E-state index contributed by atoms with van der Waals surface area (Å²) in [5.41, 5.74) is 8.36. The smallest absolute Gasteiger partial charge is 0.259 e. The number of halogens is 1. The summed E-state index contributed by atoms with van der Waals surface area (Å²) >= 11 is 0. The lowest BCUT2D eigenvalue weighted by atomic mass is 9.96. The number of aromatic nitrogens is 2. The molecule has 0 aliphatic carbocycles. The van der Waals surface area contributed by atoms with Crippen LogP contribution in [0.5, 0.6) is 0 Å². The molecule has 0 bridgehead atoms. The number of rotatable bonds is 3. The second-order valence-corrected chi connectivity index (χ2v) is 8.33. The van der Waals surface area contributed by atoms with Crippen molar-refractivity contribution >= 4 is 22.5 Å². The minimum atomic E-state index is -0.391. The zero-order chi connectivity index (χ0) is 22.5. The number of amides is 1. The van der Waals surface area contributed by atoms with E-state index in [0.717, 1.165) is 50.1 Å². The highest BCUT2D eigenvalue weighted by atomic mass is 19.1. The number of carbonyl (C=O) groups is 1. The number of fused-ring (bicyclic) bond motifs is 2. The van der Waals surface area contributed by atoms with Crippen LogP contribution < -0.4 is 4.90 Å². The normalized spacial score (nSPS) is 13.0. The Kier molecular flexibility index (Phi) is 4.37. The van der Waals surface area contributed by atoms with Gasteiger partial charge in [-0.25, -0.2) is 4.39 Å². The van der Waals surface area contributed by atoms with Gasteiger partial charge in [-0.3, -0.25) is 9.78 Å². The zero-order valence-electron chi connectivity index (χ0n) is 18.0. The van der Waals surface area contributed by atoms with Crippen molar-refractivity contribution in [2.45, 2.75) is 13.5 Å². The van der Waals surface area contributed by atoms with Gasteiger partial charge in [0.05, 0.1) is 6.54 Å². The first kappa shape index (κ1) is 19.4. The van der Waals surface area contributed by atoms with E-state index in [1.165, 1.54) is 12.1 Å². The Morgan fingerprint density at radius 1 is 0.939 bits per heavy atom. The number of carbonyl (C=O) groups excluding carboxylic acids is 1. The van der Waals surface area contributed by atoms with E-state index in [-0.39, 0.29) is 5.91 Å². The van der Waals surface area contributed by atoms with Gasteiger partial charge in [0.15, 0.2) is 0 Å². The van der Waals surface area contributed by atoms with E-state index in [4.69, 9.17) is 0 Å². The van der Waals surface area contributed by atoms with E-state index in [0.29, 0.717) is 12.1 Å². The Morgan fingerprint density at radius 2 is 1.79 bits per heavy atom. The molecule has 0 saturated heterocycles. The van der Waals surface area contributed by atoms with Gasteiger partial charge in [-0.2, -0.15) is 0 Å². The van der Waals surface area contributed by atoms with Crippen LogP contribution in [-0.2, 0) is 6.54 Å². The number of nitrogens with one attached hydrogen (secondary N) is 1. The Labute approximate surface area is 190 Å². The number of pyridine rings is 1. The van der Waals surface area contributed by atoms with Crippen molar-refractivity contribution in [3.8, 4) is 22.4 Å². The fraction of sp³-hybridized carbons (Fsp3) is 0.0714. The quantitative estimate of drug-likeness (QED) is 0.353. The Balaban J connectivity index is 1.45. The molecule has 3 heterocycles. The summed E-state index contributed by atoms with van der Waals surface area (Å²) in [6.07, 6.45) is 3.61. The number of hydrogen-bond acceptors (Lipinski definition) is 2. The summed E-state index contributed by atoms with van der Waals surface area (Å²) in [4.78, 5) is 22.5. The van der Waals surface area contributed by atoms with Gasteiger partial charge in [0.2, 0.25) is 0 Å². The molecule has 5 aromatic rings. The van der Waals surface area contributed by atoms with E-state index < -0.39 is 5.82 Å².